The van der Waals surface area contributed by atoms with E-state index >= 15 is 0 Å². The Morgan fingerprint density at radius 2 is 2.33 bits per heavy atom. The van der Waals surface area contributed by atoms with E-state index in [4.69, 9.17) is 4.74 Å². The smallest absolute Gasteiger partial charge is 0.228 e. The lowest BCUT2D eigenvalue weighted by molar-refractivity contribution is -0.141. The quantitative estimate of drug-likeness (QED) is 0.902. The van der Waals surface area contributed by atoms with Gasteiger partial charge in [-0.3, -0.25) is 4.79 Å². The van der Waals surface area contributed by atoms with E-state index in [1.165, 1.54) is 12.1 Å². The molecule has 2 aliphatic heterocycles. The molecule has 0 aromatic heterocycles. The summed E-state index contributed by atoms with van der Waals surface area (Å²) in [6, 6.07) is 6.59. The number of ether oxygens (including phenoxy) is 1. The first-order valence-electron chi connectivity index (χ1n) is 7.59. The van der Waals surface area contributed by atoms with Crippen molar-refractivity contribution in [3.63, 3.8) is 0 Å². The SMILES string of the molecule is O=C([C@H]1CCCOC1)N1CCN[C@@H](c2cccc(F)c2)C1. The number of halogens is 1. The van der Waals surface area contributed by atoms with Crippen LogP contribution >= 0.6 is 0 Å². The Morgan fingerprint density at radius 3 is 3.10 bits per heavy atom. The van der Waals surface area contributed by atoms with Crippen LogP contribution in [0.15, 0.2) is 24.3 Å². The Hall–Kier alpha value is -1.46. The summed E-state index contributed by atoms with van der Waals surface area (Å²) in [5.41, 5.74) is 0.896. The fourth-order valence-electron chi connectivity index (χ4n) is 3.09. The molecule has 0 aliphatic carbocycles. The summed E-state index contributed by atoms with van der Waals surface area (Å²) in [4.78, 5) is 14.4. The second-order valence-corrected chi connectivity index (χ2v) is 5.76. The summed E-state index contributed by atoms with van der Waals surface area (Å²) in [6.07, 6.45) is 1.86. The summed E-state index contributed by atoms with van der Waals surface area (Å²) in [5.74, 6) is -0.0685. The zero-order valence-corrected chi connectivity index (χ0v) is 12.1. The molecule has 5 heteroatoms. The third-order valence-electron chi connectivity index (χ3n) is 4.25. The lowest BCUT2D eigenvalue weighted by Gasteiger charge is -2.36. The van der Waals surface area contributed by atoms with Crippen LogP contribution in [0.4, 0.5) is 4.39 Å². The zero-order chi connectivity index (χ0) is 14.7. The van der Waals surface area contributed by atoms with Gasteiger partial charge in [0.15, 0.2) is 0 Å². The van der Waals surface area contributed by atoms with Gasteiger partial charge in [0.1, 0.15) is 5.82 Å². The van der Waals surface area contributed by atoms with E-state index in [9.17, 15) is 9.18 Å². The molecule has 2 fully saturated rings. The number of carbonyl (C=O) groups is 1. The van der Waals surface area contributed by atoms with Gasteiger partial charge in [0.25, 0.3) is 0 Å². The molecule has 1 aromatic carbocycles. The van der Waals surface area contributed by atoms with Crippen LogP contribution < -0.4 is 5.32 Å². The first-order valence-corrected chi connectivity index (χ1v) is 7.59. The van der Waals surface area contributed by atoms with Crippen molar-refractivity contribution >= 4 is 5.91 Å². The average Bonchev–Trinajstić information content (AvgIpc) is 2.55. The molecule has 3 rings (SSSR count). The van der Waals surface area contributed by atoms with Crippen molar-refractivity contribution in [3.05, 3.63) is 35.6 Å². The van der Waals surface area contributed by atoms with Gasteiger partial charge >= 0.3 is 0 Å². The van der Waals surface area contributed by atoms with E-state index in [2.05, 4.69) is 5.32 Å². The Balaban J connectivity index is 1.66. The molecule has 0 spiro atoms. The van der Waals surface area contributed by atoms with Crippen molar-refractivity contribution in [2.24, 2.45) is 5.92 Å². The zero-order valence-electron chi connectivity index (χ0n) is 12.1. The maximum absolute atomic E-state index is 13.3. The largest absolute Gasteiger partial charge is 0.381 e. The minimum Gasteiger partial charge on any atom is -0.381 e. The second kappa shape index (κ2) is 6.54. The monoisotopic (exact) mass is 292 g/mol. The van der Waals surface area contributed by atoms with Gasteiger partial charge in [-0.15, -0.1) is 0 Å². The number of hydrogen-bond donors (Lipinski definition) is 1. The fraction of sp³-hybridized carbons (Fsp3) is 0.562. The number of nitrogens with zero attached hydrogens (tertiary/aromatic N) is 1. The summed E-state index contributed by atoms with van der Waals surface area (Å²) < 4.78 is 18.8. The van der Waals surface area contributed by atoms with Gasteiger partial charge < -0.3 is 15.0 Å². The van der Waals surface area contributed by atoms with Gasteiger partial charge in [-0.25, -0.2) is 4.39 Å². The molecule has 0 radical (unpaired) electrons. The molecule has 21 heavy (non-hydrogen) atoms. The third kappa shape index (κ3) is 3.41. The van der Waals surface area contributed by atoms with Crippen molar-refractivity contribution in [2.45, 2.75) is 18.9 Å². The standard InChI is InChI=1S/C16H21FN2O2/c17-14-5-1-3-12(9-14)15-10-19(7-6-18-15)16(20)13-4-2-8-21-11-13/h1,3,5,9,13,15,18H,2,4,6-8,10-11H2/t13-,15+/m0/s1. The molecule has 1 N–H and O–H groups in total. The van der Waals surface area contributed by atoms with E-state index in [-0.39, 0.29) is 23.7 Å². The highest BCUT2D eigenvalue weighted by atomic mass is 19.1. The molecule has 114 valence electrons. The van der Waals surface area contributed by atoms with Gasteiger partial charge in [-0.1, -0.05) is 12.1 Å². The molecular weight excluding hydrogens is 271 g/mol. The highest BCUT2D eigenvalue weighted by Gasteiger charge is 2.30. The van der Waals surface area contributed by atoms with Gasteiger partial charge in [0.2, 0.25) is 5.91 Å². The second-order valence-electron chi connectivity index (χ2n) is 5.76. The predicted molar refractivity (Wildman–Crippen MR) is 77.3 cm³/mol. The molecule has 2 heterocycles. The van der Waals surface area contributed by atoms with Gasteiger partial charge in [0, 0.05) is 26.2 Å². The molecule has 0 saturated carbocycles. The Bertz CT molecular complexity index is 503. The van der Waals surface area contributed by atoms with E-state index in [1.54, 1.807) is 6.07 Å². The number of piperazine rings is 1. The molecule has 2 saturated heterocycles. The molecule has 4 nitrogen and oxygen atoms in total. The van der Waals surface area contributed by atoms with E-state index in [0.717, 1.165) is 31.6 Å². The van der Waals surface area contributed by atoms with Crippen molar-refractivity contribution in [2.75, 3.05) is 32.8 Å². The Kier molecular flexibility index (Phi) is 4.51. The molecule has 2 aliphatic rings. The summed E-state index contributed by atoms with van der Waals surface area (Å²) >= 11 is 0. The number of hydrogen-bond acceptors (Lipinski definition) is 3. The number of amides is 1. The van der Waals surface area contributed by atoms with Crippen molar-refractivity contribution in [3.8, 4) is 0 Å². The fourth-order valence-corrected chi connectivity index (χ4v) is 3.09. The molecule has 1 amide bonds. The molecule has 0 unspecified atom stereocenters. The van der Waals surface area contributed by atoms with Gasteiger partial charge in [-0.05, 0) is 30.5 Å². The van der Waals surface area contributed by atoms with Gasteiger partial charge in [-0.2, -0.15) is 0 Å². The first kappa shape index (κ1) is 14.5. The molecule has 1 aromatic rings. The summed E-state index contributed by atoms with van der Waals surface area (Å²) in [6.45, 7) is 3.34. The average molecular weight is 292 g/mol. The van der Waals surface area contributed by atoms with E-state index in [0.29, 0.717) is 19.7 Å². The highest BCUT2D eigenvalue weighted by molar-refractivity contribution is 5.79. The van der Waals surface area contributed by atoms with Crippen LogP contribution in [0, 0.1) is 11.7 Å². The van der Waals surface area contributed by atoms with Crippen molar-refractivity contribution < 1.29 is 13.9 Å². The lowest BCUT2D eigenvalue weighted by atomic mass is 9.98. The summed E-state index contributed by atoms with van der Waals surface area (Å²) in [7, 11) is 0. The van der Waals surface area contributed by atoms with E-state index < -0.39 is 0 Å². The maximum atomic E-state index is 13.3. The van der Waals surface area contributed by atoms with Crippen molar-refractivity contribution in [1.82, 2.24) is 10.2 Å². The first-order chi connectivity index (χ1) is 10.2. The number of benzene rings is 1. The van der Waals surface area contributed by atoms with Crippen molar-refractivity contribution in [1.29, 1.82) is 0 Å². The minimum atomic E-state index is -0.238. The molecule has 0 bridgehead atoms. The molecular formula is C16H21FN2O2. The lowest BCUT2D eigenvalue weighted by Crippen LogP contribution is -2.51. The van der Waals surface area contributed by atoms with Crippen LogP contribution in [0.2, 0.25) is 0 Å². The van der Waals surface area contributed by atoms with Crippen LogP contribution in [-0.4, -0.2) is 43.7 Å². The number of carbonyl (C=O) groups excluding carboxylic acids is 1. The van der Waals surface area contributed by atoms with Crippen LogP contribution in [0.3, 0.4) is 0 Å². The summed E-state index contributed by atoms with van der Waals surface area (Å²) in [5, 5.41) is 3.36. The third-order valence-corrected chi connectivity index (χ3v) is 4.25. The topological polar surface area (TPSA) is 41.6 Å². The van der Waals surface area contributed by atoms with Crippen LogP contribution in [-0.2, 0) is 9.53 Å². The number of rotatable bonds is 2. The maximum Gasteiger partial charge on any atom is 0.228 e. The highest BCUT2D eigenvalue weighted by Crippen LogP contribution is 2.22. The Labute approximate surface area is 124 Å². The number of nitrogens with one attached hydrogen (secondary N) is 1. The van der Waals surface area contributed by atoms with Gasteiger partial charge in [0.05, 0.1) is 18.6 Å². The molecule has 2 atom stereocenters. The van der Waals surface area contributed by atoms with Crippen LogP contribution in [0.25, 0.3) is 0 Å². The van der Waals surface area contributed by atoms with E-state index in [1.807, 2.05) is 11.0 Å². The van der Waals surface area contributed by atoms with Crippen LogP contribution in [0.1, 0.15) is 24.4 Å². The predicted octanol–water partition coefficient (Wildman–Crippen LogP) is 1.73. The van der Waals surface area contributed by atoms with Crippen LogP contribution in [0.5, 0.6) is 0 Å². The normalized spacial score (nSPS) is 26.6. The Morgan fingerprint density at radius 1 is 1.43 bits per heavy atom. The minimum absolute atomic E-state index is 0.00269.